The van der Waals surface area contributed by atoms with E-state index in [2.05, 4.69) is 9.10 Å². The van der Waals surface area contributed by atoms with Gasteiger partial charge in [-0.25, -0.2) is 8.42 Å². The van der Waals surface area contributed by atoms with Gasteiger partial charge < -0.3 is 0 Å². The van der Waals surface area contributed by atoms with Crippen molar-refractivity contribution < 1.29 is 8.42 Å². The molecule has 0 radical (unpaired) electrons. The number of aryl methyl sites for hydroxylation is 2. The van der Waals surface area contributed by atoms with Gasteiger partial charge in [0, 0.05) is 0 Å². The predicted molar refractivity (Wildman–Crippen MR) is 73.5 cm³/mol. The van der Waals surface area contributed by atoms with Crippen LogP contribution in [0.15, 0.2) is 35.2 Å². The molecule has 2 aromatic rings. The second kappa shape index (κ2) is 5.07. The highest BCUT2D eigenvalue weighted by Gasteiger charge is 2.15. The maximum atomic E-state index is 12.1. The van der Waals surface area contributed by atoms with Crippen molar-refractivity contribution in [1.29, 1.82) is 0 Å². The Bertz CT molecular complexity index is 630. The summed E-state index contributed by atoms with van der Waals surface area (Å²) in [6.07, 6.45) is 0.891. The Morgan fingerprint density at radius 1 is 1.28 bits per heavy atom. The van der Waals surface area contributed by atoms with E-state index in [0.717, 1.165) is 29.2 Å². The zero-order valence-corrected chi connectivity index (χ0v) is 11.8. The smallest absolute Gasteiger partial charge is 0.262 e. The maximum Gasteiger partial charge on any atom is 0.262 e. The largest absolute Gasteiger partial charge is 0.269 e. The lowest BCUT2D eigenvalue weighted by atomic mass is 10.2. The molecule has 0 unspecified atom stereocenters. The highest BCUT2D eigenvalue weighted by molar-refractivity contribution is 7.93. The monoisotopic (exact) mass is 282 g/mol. The fourth-order valence-electron chi connectivity index (χ4n) is 1.51. The van der Waals surface area contributed by atoms with E-state index in [1.54, 1.807) is 18.2 Å². The minimum absolute atomic E-state index is 0.269. The van der Waals surface area contributed by atoms with E-state index in [9.17, 15) is 8.42 Å². The Kier molecular flexibility index (Phi) is 3.68. The molecule has 0 amide bonds. The topological polar surface area (TPSA) is 59.1 Å². The molecule has 1 heterocycles. The van der Waals surface area contributed by atoms with Gasteiger partial charge in [-0.2, -0.15) is 4.37 Å². The Hall–Kier alpha value is -1.40. The first kappa shape index (κ1) is 13.0. The van der Waals surface area contributed by atoms with Gasteiger partial charge in [-0.05, 0) is 48.6 Å². The SMILES string of the molecule is CCc1ccc(S(=O)(=O)Nc2cc(C)ns2)cc1. The molecule has 0 fully saturated rings. The third kappa shape index (κ3) is 2.88. The van der Waals surface area contributed by atoms with Gasteiger partial charge in [0.05, 0.1) is 10.6 Å². The summed E-state index contributed by atoms with van der Waals surface area (Å²) in [7, 11) is -3.50. The molecule has 0 saturated carbocycles. The van der Waals surface area contributed by atoms with Crippen LogP contribution in [0.1, 0.15) is 18.2 Å². The van der Waals surface area contributed by atoms with Crippen LogP contribution in [0.2, 0.25) is 0 Å². The van der Waals surface area contributed by atoms with Gasteiger partial charge in [0.1, 0.15) is 5.00 Å². The van der Waals surface area contributed by atoms with Crippen LogP contribution in [0.25, 0.3) is 0 Å². The van der Waals surface area contributed by atoms with Crippen molar-refractivity contribution in [3.63, 3.8) is 0 Å². The minimum Gasteiger partial charge on any atom is -0.269 e. The van der Waals surface area contributed by atoms with E-state index < -0.39 is 10.0 Å². The number of nitrogens with zero attached hydrogens (tertiary/aromatic N) is 1. The highest BCUT2D eigenvalue weighted by Crippen LogP contribution is 2.20. The minimum atomic E-state index is -3.50. The van der Waals surface area contributed by atoms with Gasteiger partial charge in [-0.15, -0.1) is 0 Å². The number of anilines is 1. The summed E-state index contributed by atoms with van der Waals surface area (Å²) in [6, 6.07) is 8.60. The number of hydrogen-bond acceptors (Lipinski definition) is 4. The van der Waals surface area contributed by atoms with Gasteiger partial charge in [-0.3, -0.25) is 4.72 Å². The maximum absolute atomic E-state index is 12.1. The lowest BCUT2D eigenvalue weighted by molar-refractivity contribution is 0.601. The van der Waals surface area contributed by atoms with E-state index in [4.69, 9.17) is 0 Å². The van der Waals surface area contributed by atoms with Crippen LogP contribution in [-0.4, -0.2) is 12.8 Å². The van der Waals surface area contributed by atoms with E-state index in [1.807, 2.05) is 26.0 Å². The first-order valence-corrected chi connectivity index (χ1v) is 7.82. The molecule has 1 N–H and O–H groups in total. The lowest BCUT2D eigenvalue weighted by Crippen LogP contribution is -2.11. The molecule has 6 heteroatoms. The zero-order valence-electron chi connectivity index (χ0n) is 10.2. The molecule has 96 valence electrons. The van der Waals surface area contributed by atoms with E-state index in [0.29, 0.717) is 5.00 Å². The third-order valence-corrected chi connectivity index (χ3v) is 4.81. The molecule has 2 rings (SSSR count). The van der Waals surface area contributed by atoms with Crippen molar-refractivity contribution in [2.24, 2.45) is 0 Å². The summed E-state index contributed by atoms with van der Waals surface area (Å²) in [5.74, 6) is 0. The predicted octanol–water partition coefficient (Wildman–Crippen LogP) is 2.81. The van der Waals surface area contributed by atoms with Gasteiger partial charge in [0.2, 0.25) is 0 Å². The van der Waals surface area contributed by atoms with E-state index in [1.165, 1.54) is 0 Å². The van der Waals surface area contributed by atoms with Crippen LogP contribution in [0, 0.1) is 6.92 Å². The van der Waals surface area contributed by atoms with Crippen LogP contribution in [-0.2, 0) is 16.4 Å². The second-order valence-electron chi connectivity index (χ2n) is 3.94. The summed E-state index contributed by atoms with van der Waals surface area (Å²) in [4.78, 5) is 0.269. The molecule has 4 nitrogen and oxygen atoms in total. The molecule has 0 spiro atoms. The molecule has 0 aliphatic heterocycles. The first-order chi connectivity index (χ1) is 8.51. The normalized spacial score (nSPS) is 11.4. The van der Waals surface area contributed by atoms with E-state index >= 15 is 0 Å². The van der Waals surface area contributed by atoms with Crippen molar-refractivity contribution in [2.45, 2.75) is 25.2 Å². The molecular formula is C12H14N2O2S2. The van der Waals surface area contributed by atoms with Gasteiger partial charge in [-0.1, -0.05) is 19.1 Å². The fourth-order valence-corrected chi connectivity index (χ4v) is 3.44. The number of sulfonamides is 1. The number of rotatable bonds is 4. The van der Waals surface area contributed by atoms with Crippen LogP contribution in [0.3, 0.4) is 0 Å². The molecule has 0 aliphatic rings. The second-order valence-corrected chi connectivity index (χ2v) is 6.42. The summed E-state index contributed by atoms with van der Waals surface area (Å²) in [6.45, 7) is 3.85. The van der Waals surface area contributed by atoms with Crippen LogP contribution in [0.5, 0.6) is 0 Å². The number of nitrogens with one attached hydrogen (secondary N) is 1. The standard InChI is InChI=1S/C12H14N2O2S2/c1-3-10-4-6-11(7-5-10)18(15,16)14-12-8-9(2)13-17-12/h4-8,14H,3H2,1-2H3. The fraction of sp³-hybridized carbons (Fsp3) is 0.250. The Morgan fingerprint density at radius 3 is 2.44 bits per heavy atom. The molecule has 0 saturated heterocycles. The molecule has 1 aromatic carbocycles. The van der Waals surface area contributed by atoms with Gasteiger partial charge in [0.15, 0.2) is 0 Å². The number of aromatic nitrogens is 1. The number of hydrogen-bond donors (Lipinski definition) is 1. The molecule has 0 aliphatic carbocycles. The molecule has 1 aromatic heterocycles. The van der Waals surface area contributed by atoms with Gasteiger partial charge >= 0.3 is 0 Å². The Morgan fingerprint density at radius 2 is 1.94 bits per heavy atom. The molecule has 0 atom stereocenters. The quantitative estimate of drug-likeness (QED) is 0.938. The van der Waals surface area contributed by atoms with Crippen LogP contribution in [0.4, 0.5) is 5.00 Å². The zero-order chi connectivity index (χ0) is 13.2. The van der Waals surface area contributed by atoms with Crippen molar-refractivity contribution in [3.8, 4) is 0 Å². The molecular weight excluding hydrogens is 268 g/mol. The first-order valence-electron chi connectivity index (χ1n) is 5.56. The Labute approximate surface area is 111 Å². The third-order valence-electron chi connectivity index (χ3n) is 2.50. The number of benzene rings is 1. The van der Waals surface area contributed by atoms with Gasteiger partial charge in [0.25, 0.3) is 10.0 Å². The van der Waals surface area contributed by atoms with E-state index in [-0.39, 0.29) is 4.90 Å². The van der Waals surface area contributed by atoms with Crippen LogP contribution >= 0.6 is 11.5 Å². The Balaban J connectivity index is 2.24. The summed E-state index contributed by atoms with van der Waals surface area (Å²) in [5.41, 5.74) is 1.92. The van der Waals surface area contributed by atoms with Crippen molar-refractivity contribution in [3.05, 3.63) is 41.6 Å². The highest BCUT2D eigenvalue weighted by atomic mass is 32.2. The average Bonchev–Trinajstić information content (AvgIpc) is 2.74. The lowest BCUT2D eigenvalue weighted by Gasteiger charge is -2.06. The summed E-state index contributed by atoms with van der Waals surface area (Å²) >= 11 is 1.14. The van der Waals surface area contributed by atoms with Crippen molar-refractivity contribution in [1.82, 2.24) is 4.37 Å². The summed E-state index contributed by atoms with van der Waals surface area (Å²) in [5, 5.41) is 0.534. The van der Waals surface area contributed by atoms with Crippen LogP contribution < -0.4 is 4.72 Å². The molecule has 0 bridgehead atoms. The van der Waals surface area contributed by atoms with Crippen molar-refractivity contribution >= 4 is 26.6 Å². The van der Waals surface area contributed by atoms with Crippen molar-refractivity contribution in [2.75, 3.05) is 4.72 Å². The summed E-state index contributed by atoms with van der Waals surface area (Å²) < 4.78 is 30.7. The molecule has 18 heavy (non-hydrogen) atoms. The average molecular weight is 282 g/mol.